The number of rotatable bonds is 7. The Bertz CT molecular complexity index is 963. The quantitative estimate of drug-likeness (QED) is 0.353. The highest BCUT2D eigenvalue weighted by atomic mass is 32.2. The van der Waals surface area contributed by atoms with E-state index in [2.05, 4.69) is 23.8 Å². The van der Waals surface area contributed by atoms with E-state index in [1.807, 2.05) is 37.3 Å². The van der Waals surface area contributed by atoms with Crippen molar-refractivity contribution in [2.24, 2.45) is 0 Å². The smallest absolute Gasteiger partial charge is 0.223 e. The summed E-state index contributed by atoms with van der Waals surface area (Å²) in [5.41, 5.74) is 2.85. The first-order chi connectivity index (χ1) is 13.4. The molecule has 0 saturated heterocycles. The predicted molar refractivity (Wildman–Crippen MR) is 110 cm³/mol. The van der Waals surface area contributed by atoms with Crippen molar-refractivity contribution in [3.63, 3.8) is 0 Å². The zero-order valence-corrected chi connectivity index (χ0v) is 17.2. The minimum absolute atomic E-state index is 0.221. The Labute approximate surface area is 169 Å². The molecule has 3 aromatic rings. The van der Waals surface area contributed by atoms with Gasteiger partial charge in [-0.05, 0) is 48.2 Å². The van der Waals surface area contributed by atoms with Gasteiger partial charge in [-0.25, -0.2) is 9.37 Å². The fourth-order valence-electron chi connectivity index (χ4n) is 2.58. The van der Waals surface area contributed by atoms with Crippen molar-refractivity contribution in [2.75, 3.05) is 7.11 Å². The van der Waals surface area contributed by atoms with Gasteiger partial charge in [0.05, 0.1) is 12.8 Å². The van der Waals surface area contributed by atoms with Crippen LogP contribution in [-0.4, -0.2) is 17.1 Å². The molecule has 0 aliphatic carbocycles. The first-order valence-corrected chi connectivity index (χ1v) is 10.0. The highest BCUT2D eigenvalue weighted by Crippen LogP contribution is 2.33. The van der Waals surface area contributed by atoms with Gasteiger partial charge in [0.15, 0.2) is 16.7 Å². The van der Waals surface area contributed by atoms with Gasteiger partial charge in [0.2, 0.25) is 5.88 Å². The summed E-state index contributed by atoms with van der Waals surface area (Å²) < 4.78 is 24.8. The van der Waals surface area contributed by atoms with Crippen molar-refractivity contribution in [1.82, 2.24) is 9.97 Å². The van der Waals surface area contributed by atoms with Crippen LogP contribution in [0.25, 0.3) is 0 Å². The van der Waals surface area contributed by atoms with Crippen molar-refractivity contribution in [3.8, 4) is 17.4 Å². The standard InChI is InChI=1S/C22H23FN2O2S/c1-14(2)18-12-21(27-19-9-8-15(3)10-20(19)26-4)25-22(24-18)28-13-16-6-5-7-17(23)11-16/h5-12,14H,13H2,1-4H3. The molecular formula is C22H23FN2O2S. The Balaban J connectivity index is 1.85. The summed E-state index contributed by atoms with van der Waals surface area (Å²) in [5, 5.41) is 0.594. The molecule has 4 nitrogen and oxygen atoms in total. The molecule has 6 heteroatoms. The van der Waals surface area contributed by atoms with Crippen molar-refractivity contribution < 1.29 is 13.9 Å². The van der Waals surface area contributed by atoms with E-state index in [-0.39, 0.29) is 11.7 Å². The Morgan fingerprint density at radius 1 is 1.04 bits per heavy atom. The number of halogens is 1. The molecule has 146 valence electrons. The van der Waals surface area contributed by atoms with E-state index in [9.17, 15) is 4.39 Å². The molecule has 0 N–H and O–H groups in total. The van der Waals surface area contributed by atoms with Crippen LogP contribution in [0, 0.1) is 12.7 Å². The zero-order valence-electron chi connectivity index (χ0n) is 16.4. The van der Waals surface area contributed by atoms with Gasteiger partial charge in [0, 0.05) is 11.8 Å². The van der Waals surface area contributed by atoms with Crippen molar-refractivity contribution in [2.45, 2.75) is 37.6 Å². The SMILES string of the molecule is COc1cc(C)ccc1Oc1cc(C(C)C)nc(SCc2cccc(F)c2)n1. The number of benzene rings is 2. The van der Waals surface area contributed by atoms with E-state index in [0.717, 1.165) is 16.8 Å². The summed E-state index contributed by atoms with van der Waals surface area (Å²) in [7, 11) is 1.61. The Morgan fingerprint density at radius 2 is 1.86 bits per heavy atom. The maximum Gasteiger partial charge on any atom is 0.223 e. The number of methoxy groups -OCH3 is 1. The van der Waals surface area contributed by atoms with E-state index in [0.29, 0.717) is 28.3 Å². The molecule has 28 heavy (non-hydrogen) atoms. The van der Waals surface area contributed by atoms with E-state index >= 15 is 0 Å². The van der Waals surface area contributed by atoms with Gasteiger partial charge in [-0.3, -0.25) is 0 Å². The topological polar surface area (TPSA) is 44.2 Å². The van der Waals surface area contributed by atoms with Crippen molar-refractivity contribution in [1.29, 1.82) is 0 Å². The maximum absolute atomic E-state index is 13.4. The van der Waals surface area contributed by atoms with Gasteiger partial charge in [-0.15, -0.1) is 0 Å². The second-order valence-electron chi connectivity index (χ2n) is 6.74. The molecule has 0 amide bonds. The minimum atomic E-state index is -0.245. The van der Waals surface area contributed by atoms with Gasteiger partial charge in [0.1, 0.15) is 5.82 Å². The third-order valence-corrected chi connectivity index (χ3v) is 5.00. The van der Waals surface area contributed by atoms with Crippen LogP contribution in [0.15, 0.2) is 53.7 Å². The lowest BCUT2D eigenvalue weighted by Gasteiger charge is -2.13. The molecule has 0 spiro atoms. The van der Waals surface area contributed by atoms with E-state index < -0.39 is 0 Å². The maximum atomic E-state index is 13.4. The van der Waals surface area contributed by atoms with Crippen LogP contribution in [0.4, 0.5) is 4.39 Å². The summed E-state index contributed by atoms with van der Waals surface area (Å²) in [4.78, 5) is 9.14. The van der Waals surface area contributed by atoms with Gasteiger partial charge < -0.3 is 9.47 Å². The number of aromatic nitrogens is 2. The van der Waals surface area contributed by atoms with Crippen LogP contribution in [0.5, 0.6) is 17.4 Å². The largest absolute Gasteiger partial charge is 0.493 e. The van der Waals surface area contributed by atoms with Crippen LogP contribution in [-0.2, 0) is 5.75 Å². The lowest BCUT2D eigenvalue weighted by Crippen LogP contribution is -2.00. The van der Waals surface area contributed by atoms with Crippen LogP contribution in [0.1, 0.15) is 36.6 Å². The van der Waals surface area contributed by atoms with Crippen LogP contribution >= 0.6 is 11.8 Å². The molecule has 1 aromatic heterocycles. The van der Waals surface area contributed by atoms with Crippen LogP contribution in [0.3, 0.4) is 0 Å². The fourth-order valence-corrected chi connectivity index (χ4v) is 3.38. The third kappa shape index (κ3) is 5.23. The van der Waals surface area contributed by atoms with Crippen LogP contribution in [0.2, 0.25) is 0 Å². The molecule has 0 atom stereocenters. The van der Waals surface area contributed by atoms with Crippen LogP contribution < -0.4 is 9.47 Å². The van der Waals surface area contributed by atoms with Crippen molar-refractivity contribution >= 4 is 11.8 Å². The Morgan fingerprint density at radius 3 is 2.57 bits per heavy atom. The second-order valence-corrected chi connectivity index (χ2v) is 7.69. The molecule has 0 fully saturated rings. The van der Waals surface area contributed by atoms with Gasteiger partial charge in [0.25, 0.3) is 0 Å². The molecule has 0 bridgehead atoms. The number of hydrogen-bond donors (Lipinski definition) is 0. The minimum Gasteiger partial charge on any atom is -0.493 e. The van der Waals surface area contributed by atoms with E-state index in [1.165, 1.54) is 23.9 Å². The molecular weight excluding hydrogens is 375 g/mol. The van der Waals surface area contributed by atoms with Gasteiger partial charge >= 0.3 is 0 Å². The zero-order chi connectivity index (χ0) is 20.1. The molecule has 0 saturated carbocycles. The lowest BCUT2D eigenvalue weighted by molar-refractivity contribution is 0.371. The fraction of sp³-hybridized carbons (Fsp3) is 0.273. The van der Waals surface area contributed by atoms with Gasteiger partial charge in [-0.1, -0.05) is 43.8 Å². The summed E-state index contributed by atoms with van der Waals surface area (Å²) in [6, 6.07) is 14.1. The number of thioether (sulfide) groups is 1. The average Bonchev–Trinajstić information content (AvgIpc) is 2.67. The second kappa shape index (κ2) is 9.06. The highest BCUT2D eigenvalue weighted by molar-refractivity contribution is 7.98. The first kappa shape index (κ1) is 20.1. The van der Waals surface area contributed by atoms with E-state index in [4.69, 9.17) is 9.47 Å². The summed E-state index contributed by atoms with van der Waals surface area (Å²) in [6.07, 6.45) is 0. The predicted octanol–water partition coefficient (Wildman–Crippen LogP) is 6.14. The summed E-state index contributed by atoms with van der Waals surface area (Å²) in [6.45, 7) is 6.13. The molecule has 0 radical (unpaired) electrons. The molecule has 1 heterocycles. The number of aryl methyl sites for hydroxylation is 1. The first-order valence-electron chi connectivity index (χ1n) is 9.03. The molecule has 0 aliphatic rings. The number of ether oxygens (including phenoxy) is 2. The lowest BCUT2D eigenvalue weighted by atomic mass is 10.1. The normalized spacial score (nSPS) is 10.9. The monoisotopic (exact) mass is 398 g/mol. The molecule has 2 aromatic carbocycles. The molecule has 0 unspecified atom stereocenters. The average molecular weight is 399 g/mol. The Kier molecular flexibility index (Phi) is 6.52. The highest BCUT2D eigenvalue weighted by Gasteiger charge is 2.13. The summed E-state index contributed by atoms with van der Waals surface area (Å²) >= 11 is 1.45. The van der Waals surface area contributed by atoms with Gasteiger partial charge in [-0.2, -0.15) is 4.98 Å². The van der Waals surface area contributed by atoms with Crippen molar-refractivity contribution in [3.05, 3.63) is 71.2 Å². The molecule has 3 rings (SSSR count). The van der Waals surface area contributed by atoms with E-state index in [1.54, 1.807) is 13.2 Å². The molecule has 0 aliphatic heterocycles. The number of hydrogen-bond acceptors (Lipinski definition) is 5. The number of nitrogens with zero attached hydrogens (tertiary/aromatic N) is 2. The Hall–Kier alpha value is -2.60. The third-order valence-electron chi connectivity index (χ3n) is 4.08. The summed E-state index contributed by atoms with van der Waals surface area (Å²) in [5.74, 6) is 2.26.